The van der Waals surface area contributed by atoms with E-state index in [9.17, 15) is 4.79 Å². The van der Waals surface area contributed by atoms with Gasteiger partial charge in [0.1, 0.15) is 0 Å². The van der Waals surface area contributed by atoms with Gasteiger partial charge in [-0.1, -0.05) is 37.9 Å². The molecule has 0 saturated carbocycles. The number of halogens is 2. The minimum Gasteiger partial charge on any atom is -0.353 e. The maximum atomic E-state index is 12.8. The summed E-state index contributed by atoms with van der Waals surface area (Å²) in [6, 6.07) is 17.9. The number of carbonyl (C=O) groups excluding carboxylic acids is 1. The van der Waals surface area contributed by atoms with Crippen molar-refractivity contribution in [2.24, 2.45) is 0 Å². The lowest BCUT2D eigenvalue weighted by molar-refractivity contribution is 0.215. The number of nitrogens with zero attached hydrogens (tertiary/aromatic N) is 4. The summed E-state index contributed by atoms with van der Waals surface area (Å²) in [5, 5.41) is 3.00. The Labute approximate surface area is 197 Å². The highest BCUT2D eigenvalue weighted by Gasteiger charge is 2.22. The van der Waals surface area contributed by atoms with Gasteiger partial charge < -0.3 is 19.5 Å². The second-order valence-electron chi connectivity index (χ2n) is 7.60. The van der Waals surface area contributed by atoms with Gasteiger partial charge in [-0.05, 0) is 55.0 Å². The summed E-state index contributed by atoms with van der Waals surface area (Å²) in [5.74, 6) is 0.963. The second kappa shape index (κ2) is 8.51. The zero-order valence-electron chi connectivity index (χ0n) is 16.8. The molecule has 0 spiro atoms. The highest BCUT2D eigenvalue weighted by molar-refractivity contribution is 9.10. The number of rotatable bonds is 2. The molecule has 0 aliphatic carbocycles. The first-order valence-corrected chi connectivity index (χ1v) is 11.8. The molecule has 2 aromatic carbocycles. The van der Waals surface area contributed by atoms with E-state index in [1.165, 1.54) is 0 Å². The van der Waals surface area contributed by atoms with Crippen molar-refractivity contribution in [2.75, 3.05) is 36.4 Å². The van der Waals surface area contributed by atoms with Crippen molar-refractivity contribution in [1.29, 1.82) is 0 Å². The normalized spacial score (nSPS) is 14.8. The van der Waals surface area contributed by atoms with Crippen LogP contribution in [0.1, 0.15) is 6.42 Å². The van der Waals surface area contributed by atoms with Gasteiger partial charge >= 0.3 is 6.03 Å². The molecule has 1 aliphatic heterocycles. The fourth-order valence-corrected chi connectivity index (χ4v) is 4.82. The van der Waals surface area contributed by atoms with Crippen LogP contribution in [0.4, 0.5) is 16.3 Å². The van der Waals surface area contributed by atoms with Gasteiger partial charge in [-0.3, -0.25) is 0 Å². The molecule has 2 amide bonds. The van der Waals surface area contributed by atoms with Crippen LogP contribution >= 0.6 is 31.9 Å². The van der Waals surface area contributed by atoms with Crippen molar-refractivity contribution in [3.63, 3.8) is 0 Å². The maximum absolute atomic E-state index is 12.8. The topological polar surface area (TPSA) is 52.9 Å². The van der Waals surface area contributed by atoms with Crippen molar-refractivity contribution in [1.82, 2.24) is 14.3 Å². The van der Waals surface area contributed by atoms with E-state index in [0.717, 1.165) is 56.5 Å². The third-order valence-corrected chi connectivity index (χ3v) is 6.55. The maximum Gasteiger partial charge on any atom is 0.321 e. The molecule has 6 nitrogen and oxygen atoms in total. The predicted molar refractivity (Wildman–Crippen MR) is 132 cm³/mol. The minimum atomic E-state index is -0.0665. The van der Waals surface area contributed by atoms with E-state index in [2.05, 4.69) is 70.9 Å². The number of hydrogen-bond acceptors (Lipinski definition) is 3. The Hall–Kier alpha value is -2.58. The molecule has 0 unspecified atom stereocenters. The predicted octanol–water partition coefficient (Wildman–Crippen LogP) is 5.76. The van der Waals surface area contributed by atoms with Crippen LogP contribution in [-0.4, -0.2) is 46.5 Å². The third kappa shape index (κ3) is 4.14. The average molecular weight is 543 g/mol. The summed E-state index contributed by atoms with van der Waals surface area (Å²) in [4.78, 5) is 22.0. The molecule has 158 valence electrons. The number of nitrogens with one attached hydrogen (secondary N) is 1. The second-order valence-corrected chi connectivity index (χ2v) is 9.43. The van der Waals surface area contributed by atoms with E-state index in [0.29, 0.717) is 13.1 Å². The molecule has 31 heavy (non-hydrogen) atoms. The zero-order valence-corrected chi connectivity index (χ0v) is 19.9. The standard InChI is InChI=1S/C23H21Br2N5O/c24-16-4-1-5-18(14-16)26-23(31)29-10-3-9-28(12-13-29)22-21-6-2-11-30(21)20-8-7-17(25)15-19(20)27-22/h1-2,4-8,11,14-15H,3,9-10,12-13H2,(H,26,31). The van der Waals surface area contributed by atoms with Crippen molar-refractivity contribution in [3.05, 3.63) is 69.7 Å². The van der Waals surface area contributed by atoms with Crippen LogP contribution in [0, 0.1) is 0 Å². The van der Waals surface area contributed by atoms with Crippen molar-refractivity contribution in [3.8, 4) is 0 Å². The zero-order chi connectivity index (χ0) is 21.4. The number of benzene rings is 2. The van der Waals surface area contributed by atoms with E-state index in [1.54, 1.807) is 0 Å². The van der Waals surface area contributed by atoms with Gasteiger partial charge in [-0.25, -0.2) is 9.78 Å². The van der Waals surface area contributed by atoms with Gasteiger partial charge in [0.25, 0.3) is 0 Å². The molecule has 2 aromatic heterocycles. The SMILES string of the molecule is O=C(Nc1cccc(Br)c1)N1CCCN(c2nc3cc(Br)ccc3n3cccc23)CC1. The summed E-state index contributed by atoms with van der Waals surface area (Å²) >= 11 is 7.01. The summed E-state index contributed by atoms with van der Waals surface area (Å²) in [5.41, 5.74) is 3.90. The van der Waals surface area contributed by atoms with Crippen molar-refractivity contribution < 1.29 is 4.79 Å². The molecule has 3 heterocycles. The molecule has 4 aromatic rings. The van der Waals surface area contributed by atoms with Crippen molar-refractivity contribution >= 4 is 65.9 Å². The number of carbonyl (C=O) groups is 1. The van der Waals surface area contributed by atoms with Crippen LogP contribution < -0.4 is 10.2 Å². The fourth-order valence-electron chi connectivity index (χ4n) is 4.07. The number of aromatic nitrogens is 2. The first-order chi connectivity index (χ1) is 15.1. The minimum absolute atomic E-state index is 0.0665. The number of urea groups is 1. The molecule has 0 atom stereocenters. The Morgan fingerprint density at radius 2 is 1.77 bits per heavy atom. The first kappa shape index (κ1) is 20.3. The lowest BCUT2D eigenvalue weighted by atomic mass is 10.3. The van der Waals surface area contributed by atoms with E-state index >= 15 is 0 Å². The number of amides is 2. The van der Waals surface area contributed by atoms with Crippen LogP contribution in [0.25, 0.3) is 16.6 Å². The Morgan fingerprint density at radius 1 is 0.903 bits per heavy atom. The number of anilines is 2. The molecule has 8 heteroatoms. The Balaban J connectivity index is 1.38. The van der Waals surface area contributed by atoms with Gasteiger partial charge in [0.2, 0.25) is 0 Å². The van der Waals surface area contributed by atoms with Crippen LogP contribution in [0.3, 0.4) is 0 Å². The molecular formula is C23H21Br2N5O. The smallest absolute Gasteiger partial charge is 0.321 e. The van der Waals surface area contributed by atoms with Crippen LogP contribution in [0.2, 0.25) is 0 Å². The summed E-state index contributed by atoms with van der Waals surface area (Å²) in [6.45, 7) is 2.95. The Kier molecular flexibility index (Phi) is 5.58. The summed E-state index contributed by atoms with van der Waals surface area (Å²) in [6.07, 6.45) is 2.96. The molecular weight excluding hydrogens is 522 g/mol. The Morgan fingerprint density at radius 3 is 2.65 bits per heavy atom. The summed E-state index contributed by atoms with van der Waals surface area (Å²) < 4.78 is 4.14. The van der Waals surface area contributed by atoms with Crippen LogP contribution in [-0.2, 0) is 0 Å². The first-order valence-electron chi connectivity index (χ1n) is 10.2. The number of hydrogen-bond donors (Lipinski definition) is 1. The molecule has 1 fully saturated rings. The summed E-state index contributed by atoms with van der Waals surface area (Å²) in [7, 11) is 0. The van der Waals surface area contributed by atoms with Crippen LogP contribution in [0.5, 0.6) is 0 Å². The molecule has 1 saturated heterocycles. The molecule has 0 bridgehead atoms. The Bertz CT molecular complexity index is 1270. The van der Waals surface area contributed by atoms with E-state index < -0.39 is 0 Å². The van der Waals surface area contributed by atoms with E-state index in [-0.39, 0.29) is 6.03 Å². The van der Waals surface area contributed by atoms with E-state index in [1.807, 2.05) is 41.3 Å². The monoisotopic (exact) mass is 541 g/mol. The fraction of sp³-hybridized carbons (Fsp3) is 0.217. The van der Waals surface area contributed by atoms with Gasteiger partial charge in [0.05, 0.1) is 16.6 Å². The quantitative estimate of drug-likeness (QED) is 0.350. The van der Waals surface area contributed by atoms with Crippen molar-refractivity contribution in [2.45, 2.75) is 6.42 Å². The molecule has 1 aliphatic rings. The molecule has 1 N–H and O–H groups in total. The highest BCUT2D eigenvalue weighted by Crippen LogP contribution is 2.28. The highest BCUT2D eigenvalue weighted by atomic mass is 79.9. The van der Waals surface area contributed by atoms with Gasteiger partial charge in [-0.15, -0.1) is 0 Å². The van der Waals surface area contributed by atoms with Gasteiger partial charge in [-0.2, -0.15) is 0 Å². The van der Waals surface area contributed by atoms with E-state index in [4.69, 9.17) is 4.98 Å². The van der Waals surface area contributed by atoms with Crippen LogP contribution in [0.15, 0.2) is 69.7 Å². The molecule has 5 rings (SSSR count). The third-order valence-electron chi connectivity index (χ3n) is 5.56. The number of fused-ring (bicyclic) bond motifs is 3. The van der Waals surface area contributed by atoms with Gasteiger partial charge in [0, 0.05) is 47.0 Å². The lowest BCUT2D eigenvalue weighted by Crippen LogP contribution is -2.38. The largest absolute Gasteiger partial charge is 0.353 e. The lowest BCUT2D eigenvalue weighted by Gasteiger charge is -2.24. The average Bonchev–Trinajstić information content (AvgIpc) is 3.11. The molecule has 0 radical (unpaired) electrons. The van der Waals surface area contributed by atoms with Gasteiger partial charge in [0.15, 0.2) is 5.82 Å².